The molecule has 0 aromatic heterocycles. The molecule has 0 radical (unpaired) electrons. The summed E-state index contributed by atoms with van der Waals surface area (Å²) in [4.78, 5) is 0. The lowest BCUT2D eigenvalue weighted by molar-refractivity contribution is 0.332. The van der Waals surface area contributed by atoms with E-state index in [4.69, 9.17) is 4.74 Å². The molecule has 1 saturated carbocycles. The van der Waals surface area contributed by atoms with Crippen molar-refractivity contribution in [1.29, 1.82) is 0 Å². The number of ether oxygens (including phenoxy) is 1. The fourth-order valence-corrected chi connectivity index (χ4v) is 3.75. The zero-order valence-corrected chi connectivity index (χ0v) is 14.7. The molecule has 1 aliphatic rings. The van der Waals surface area contributed by atoms with Crippen LogP contribution in [0.15, 0.2) is 21.1 Å². The Morgan fingerprint density at radius 3 is 2.74 bits per heavy atom. The minimum absolute atomic E-state index is 0.686. The van der Waals surface area contributed by atoms with Crippen molar-refractivity contribution in [2.45, 2.75) is 33.2 Å². The summed E-state index contributed by atoms with van der Waals surface area (Å²) in [5.41, 5.74) is 1.20. The highest BCUT2D eigenvalue weighted by atomic mass is 79.9. The maximum atomic E-state index is 5.73. The molecule has 1 fully saturated rings. The van der Waals surface area contributed by atoms with Gasteiger partial charge in [-0.25, -0.2) is 0 Å². The topological polar surface area (TPSA) is 21.3 Å². The van der Waals surface area contributed by atoms with E-state index in [-0.39, 0.29) is 0 Å². The van der Waals surface area contributed by atoms with Crippen molar-refractivity contribution in [3.8, 4) is 5.75 Å². The van der Waals surface area contributed by atoms with Crippen molar-refractivity contribution in [3.05, 3.63) is 26.6 Å². The summed E-state index contributed by atoms with van der Waals surface area (Å²) in [5, 5.41) is 3.55. The van der Waals surface area contributed by atoms with Gasteiger partial charge in [0, 0.05) is 16.6 Å². The lowest BCUT2D eigenvalue weighted by atomic mass is 10.1. The molecule has 1 aromatic carbocycles. The molecule has 0 aliphatic heterocycles. The van der Waals surface area contributed by atoms with E-state index in [0.717, 1.165) is 39.6 Å². The Labute approximate surface area is 132 Å². The predicted octanol–water partition coefficient (Wildman–Crippen LogP) is 4.75. The van der Waals surface area contributed by atoms with Crippen LogP contribution in [0.3, 0.4) is 0 Å². The Balaban J connectivity index is 1.97. The first-order chi connectivity index (χ1) is 9.11. The average Bonchev–Trinajstić information content (AvgIpc) is 3.17. The quantitative estimate of drug-likeness (QED) is 0.725. The molecule has 1 aromatic rings. The number of rotatable bonds is 7. The zero-order chi connectivity index (χ0) is 13.8. The van der Waals surface area contributed by atoms with Gasteiger partial charge in [-0.3, -0.25) is 0 Å². The summed E-state index contributed by atoms with van der Waals surface area (Å²) < 4.78 is 7.82. The van der Waals surface area contributed by atoms with E-state index >= 15 is 0 Å². The maximum Gasteiger partial charge on any atom is 0.138 e. The third-order valence-corrected chi connectivity index (χ3v) is 4.63. The Kier molecular flexibility index (Phi) is 5.72. The van der Waals surface area contributed by atoms with Gasteiger partial charge in [-0.1, -0.05) is 22.9 Å². The van der Waals surface area contributed by atoms with Gasteiger partial charge in [0.2, 0.25) is 0 Å². The summed E-state index contributed by atoms with van der Waals surface area (Å²) in [7, 11) is 0. The molecule has 2 nitrogen and oxygen atoms in total. The first kappa shape index (κ1) is 15.3. The van der Waals surface area contributed by atoms with Crippen molar-refractivity contribution < 1.29 is 4.74 Å². The van der Waals surface area contributed by atoms with Crippen LogP contribution < -0.4 is 10.1 Å². The number of benzene rings is 1. The van der Waals surface area contributed by atoms with Crippen molar-refractivity contribution in [2.75, 3.05) is 13.2 Å². The van der Waals surface area contributed by atoms with Gasteiger partial charge in [-0.05, 0) is 66.2 Å². The van der Waals surface area contributed by atoms with E-state index in [2.05, 4.69) is 50.2 Å². The Morgan fingerprint density at radius 1 is 1.37 bits per heavy atom. The van der Waals surface area contributed by atoms with Crippen molar-refractivity contribution in [3.63, 3.8) is 0 Å². The molecule has 0 heterocycles. The van der Waals surface area contributed by atoms with Crippen LogP contribution in [-0.4, -0.2) is 13.2 Å². The molecule has 0 spiro atoms. The van der Waals surface area contributed by atoms with Crippen LogP contribution in [-0.2, 0) is 6.54 Å². The molecule has 1 N–H and O–H groups in total. The highest BCUT2D eigenvalue weighted by Crippen LogP contribution is 2.36. The molecule has 0 amide bonds. The zero-order valence-electron chi connectivity index (χ0n) is 11.5. The predicted molar refractivity (Wildman–Crippen MR) is 86.6 cm³/mol. The van der Waals surface area contributed by atoms with Crippen molar-refractivity contribution in [1.82, 2.24) is 5.32 Å². The first-order valence-electron chi connectivity index (χ1n) is 6.93. The van der Waals surface area contributed by atoms with E-state index < -0.39 is 0 Å². The van der Waals surface area contributed by atoms with E-state index in [1.165, 1.54) is 18.4 Å². The normalized spacial score (nSPS) is 16.4. The van der Waals surface area contributed by atoms with Gasteiger partial charge in [-0.2, -0.15) is 0 Å². The Morgan fingerprint density at radius 2 is 2.11 bits per heavy atom. The van der Waals surface area contributed by atoms with Gasteiger partial charge in [0.15, 0.2) is 0 Å². The first-order valence-corrected chi connectivity index (χ1v) is 8.51. The number of hydrogen-bond donors (Lipinski definition) is 1. The molecule has 106 valence electrons. The summed E-state index contributed by atoms with van der Waals surface area (Å²) in [6.07, 6.45) is 2.82. The molecule has 1 aliphatic carbocycles. The van der Waals surface area contributed by atoms with E-state index in [1.807, 2.05) is 13.0 Å². The van der Waals surface area contributed by atoms with Crippen LogP contribution in [0.25, 0.3) is 0 Å². The van der Waals surface area contributed by atoms with Crippen LogP contribution in [0.4, 0.5) is 0 Å². The number of halogens is 2. The second-order valence-electron chi connectivity index (χ2n) is 5.25. The summed E-state index contributed by atoms with van der Waals surface area (Å²) in [6, 6.07) is 4.16. The SMILES string of the molecule is CCOc1c(Br)cc(Br)cc1CNCC(C)C1CC1. The number of nitrogens with one attached hydrogen (secondary N) is 1. The molecule has 1 atom stereocenters. The maximum absolute atomic E-state index is 5.73. The lowest BCUT2D eigenvalue weighted by Gasteiger charge is -2.15. The molecule has 0 saturated heterocycles. The van der Waals surface area contributed by atoms with Crippen LogP contribution in [0, 0.1) is 11.8 Å². The van der Waals surface area contributed by atoms with Crippen LogP contribution in [0.2, 0.25) is 0 Å². The lowest BCUT2D eigenvalue weighted by Crippen LogP contribution is -2.22. The fraction of sp³-hybridized carbons (Fsp3) is 0.600. The van der Waals surface area contributed by atoms with Gasteiger partial charge in [0.25, 0.3) is 0 Å². The van der Waals surface area contributed by atoms with Gasteiger partial charge in [-0.15, -0.1) is 0 Å². The second kappa shape index (κ2) is 7.09. The molecule has 1 unspecified atom stereocenters. The van der Waals surface area contributed by atoms with Gasteiger partial charge >= 0.3 is 0 Å². The van der Waals surface area contributed by atoms with E-state index in [9.17, 15) is 0 Å². The minimum atomic E-state index is 0.686. The highest BCUT2D eigenvalue weighted by Gasteiger charge is 2.27. The fourth-order valence-electron chi connectivity index (χ4n) is 2.32. The summed E-state index contributed by atoms with van der Waals surface area (Å²) in [5.74, 6) is 2.69. The van der Waals surface area contributed by atoms with Crippen LogP contribution in [0.1, 0.15) is 32.3 Å². The summed E-state index contributed by atoms with van der Waals surface area (Å²) in [6.45, 7) is 6.97. The van der Waals surface area contributed by atoms with Crippen LogP contribution in [0.5, 0.6) is 5.75 Å². The third-order valence-electron chi connectivity index (χ3n) is 3.58. The molecular formula is C15H21Br2NO. The smallest absolute Gasteiger partial charge is 0.138 e. The van der Waals surface area contributed by atoms with Crippen LogP contribution >= 0.6 is 31.9 Å². The third kappa shape index (κ3) is 4.47. The largest absolute Gasteiger partial charge is 0.492 e. The average molecular weight is 391 g/mol. The van der Waals surface area contributed by atoms with Crippen molar-refractivity contribution in [2.24, 2.45) is 11.8 Å². The van der Waals surface area contributed by atoms with Gasteiger partial charge in [0.1, 0.15) is 5.75 Å². The van der Waals surface area contributed by atoms with Crippen molar-refractivity contribution >= 4 is 31.9 Å². The van der Waals surface area contributed by atoms with Gasteiger partial charge in [0.05, 0.1) is 11.1 Å². The number of hydrogen-bond acceptors (Lipinski definition) is 2. The van der Waals surface area contributed by atoms with Gasteiger partial charge < -0.3 is 10.1 Å². The highest BCUT2D eigenvalue weighted by molar-refractivity contribution is 9.11. The Bertz CT molecular complexity index is 432. The molecule has 2 rings (SSSR count). The minimum Gasteiger partial charge on any atom is -0.492 e. The molecule has 0 bridgehead atoms. The molecular weight excluding hydrogens is 370 g/mol. The molecule has 19 heavy (non-hydrogen) atoms. The van der Waals surface area contributed by atoms with E-state index in [1.54, 1.807) is 0 Å². The molecule has 4 heteroatoms. The summed E-state index contributed by atoms with van der Waals surface area (Å²) >= 11 is 7.11. The standard InChI is InChI=1S/C15H21Br2NO/c1-3-19-15-12(6-13(16)7-14(15)17)9-18-8-10(2)11-4-5-11/h6-7,10-11,18H,3-5,8-9H2,1-2H3. The van der Waals surface area contributed by atoms with E-state index in [0.29, 0.717) is 6.61 Å². The monoisotopic (exact) mass is 389 g/mol. The Hall–Kier alpha value is -0.0600. The second-order valence-corrected chi connectivity index (χ2v) is 7.02.